The van der Waals surface area contributed by atoms with Crippen LogP contribution in [0, 0.1) is 0 Å². The predicted molar refractivity (Wildman–Crippen MR) is 130 cm³/mol. The van der Waals surface area contributed by atoms with Gasteiger partial charge < -0.3 is 19.9 Å². The van der Waals surface area contributed by atoms with Crippen LogP contribution >= 0.6 is 11.3 Å². The molecule has 1 aliphatic rings. The van der Waals surface area contributed by atoms with Gasteiger partial charge in [-0.15, -0.1) is 11.3 Å². The van der Waals surface area contributed by atoms with Crippen LogP contribution in [0.2, 0.25) is 0 Å². The molecule has 0 radical (unpaired) electrons. The minimum Gasteiger partial charge on any atom is -0.379 e. The summed E-state index contributed by atoms with van der Waals surface area (Å²) >= 11 is 1.53. The standard InChI is InChI=1S/C24H29N5O3S/c1-3-29(4-2)24(31)20-13-18(14-25-20)21-16-33-23(27-21)17-6-5-7-19(12-17)26-22(30)15-28-8-10-32-11-9-28/h5-7,12-14,16,25H,3-4,8-11,15H2,1-2H3,(H,26,30). The minimum atomic E-state index is -0.0356. The SMILES string of the molecule is CCN(CC)C(=O)c1cc(-c2csc(-c3cccc(NC(=O)CN4CCOCC4)c3)n2)c[nH]1. The number of H-pyrrole nitrogens is 1. The molecule has 0 unspecified atom stereocenters. The summed E-state index contributed by atoms with van der Waals surface area (Å²) in [6.45, 7) is 8.52. The number of hydrogen-bond acceptors (Lipinski definition) is 6. The lowest BCUT2D eigenvalue weighted by atomic mass is 10.2. The van der Waals surface area contributed by atoms with Crippen molar-refractivity contribution >= 4 is 28.8 Å². The first-order chi connectivity index (χ1) is 16.1. The summed E-state index contributed by atoms with van der Waals surface area (Å²) in [5, 5.41) is 5.82. The molecule has 0 atom stereocenters. The van der Waals surface area contributed by atoms with E-state index in [0.717, 1.165) is 40.6 Å². The highest BCUT2D eigenvalue weighted by atomic mass is 32.1. The van der Waals surface area contributed by atoms with Crippen molar-refractivity contribution in [3.63, 3.8) is 0 Å². The molecule has 0 saturated carbocycles. The van der Waals surface area contributed by atoms with Crippen molar-refractivity contribution in [3.05, 3.63) is 47.6 Å². The largest absolute Gasteiger partial charge is 0.379 e. The van der Waals surface area contributed by atoms with E-state index in [1.165, 1.54) is 11.3 Å². The van der Waals surface area contributed by atoms with E-state index in [2.05, 4.69) is 15.2 Å². The molecule has 0 spiro atoms. The van der Waals surface area contributed by atoms with Crippen LogP contribution in [0.4, 0.5) is 5.69 Å². The third-order valence-electron chi connectivity index (χ3n) is 5.63. The summed E-state index contributed by atoms with van der Waals surface area (Å²) in [5.74, 6) is -0.0474. The summed E-state index contributed by atoms with van der Waals surface area (Å²) in [6.07, 6.45) is 1.82. The van der Waals surface area contributed by atoms with Crippen molar-refractivity contribution in [1.29, 1.82) is 0 Å². The summed E-state index contributed by atoms with van der Waals surface area (Å²) in [6, 6.07) is 9.56. The molecule has 2 N–H and O–H groups in total. The maximum absolute atomic E-state index is 12.6. The number of amides is 2. The Morgan fingerprint density at radius 3 is 2.73 bits per heavy atom. The fourth-order valence-corrected chi connectivity index (χ4v) is 4.60. The van der Waals surface area contributed by atoms with Gasteiger partial charge in [-0.2, -0.15) is 0 Å². The number of carbonyl (C=O) groups excluding carboxylic acids is 2. The van der Waals surface area contributed by atoms with Crippen LogP contribution in [0.1, 0.15) is 24.3 Å². The molecule has 2 aromatic heterocycles. The van der Waals surface area contributed by atoms with Crippen molar-refractivity contribution < 1.29 is 14.3 Å². The Labute approximate surface area is 197 Å². The molecule has 174 valence electrons. The lowest BCUT2D eigenvalue weighted by Gasteiger charge is -2.25. The van der Waals surface area contributed by atoms with E-state index in [0.29, 0.717) is 38.5 Å². The van der Waals surface area contributed by atoms with Gasteiger partial charge in [0.15, 0.2) is 0 Å². The van der Waals surface area contributed by atoms with Crippen molar-refractivity contribution in [3.8, 4) is 21.8 Å². The smallest absolute Gasteiger partial charge is 0.270 e. The number of thiazole rings is 1. The molecule has 3 heterocycles. The molecule has 1 aromatic carbocycles. The molecule has 0 bridgehead atoms. The number of aromatic amines is 1. The number of aromatic nitrogens is 2. The van der Waals surface area contributed by atoms with Gasteiger partial charge in [0.05, 0.1) is 25.5 Å². The van der Waals surface area contributed by atoms with E-state index >= 15 is 0 Å². The third kappa shape index (κ3) is 5.68. The van der Waals surface area contributed by atoms with Gasteiger partial charge in [-0.1, -0.05) is 12.1 Å². The van der Waals surface area contributed by atoms with Gasteiger partial charge >= 0.3 is 0 Å². The van der Waals surface area contributed by atoms with Gasteiger partial charge in [-0.25, -0.2) is 4.98 Å². The second-order valence-electron chi connectivity index (χ2n) is 7.83. The van der Waals surface area contributed by atoms with E-state index in [-0.39, 0.29) is 11.8 Å². The number of morpholine rings is 1. The normalized spacial score (nSPS) is 14.2. The number of carbonyl (C=O) groups is 2. The van der Waals surface area contributed by atoms with Gasteiger partial charge in [-0.3, -0.25) is 14.5 Å². The van der Waals surface area contributed by atoms with Gasteiger partial charge in [0.25, 0.3) is 5.91 Å². The van der Waals surface area contributed by atoms with Crippen LogP contribution in [0.15, 0.2) is 41.9 Å². The van der Waals surface area contributed by atoms with Crippen LogP contribution in [0.25, 0.3) is 21.8 Å². The first kappa shape index (κ1) is 23.2. The minimum absolute atomic E-state index is 0.0118. The molecule has 8 nitrogen and oxygen atoms in total. The zero-order valence-corrected chi connectivity index (χ0v) is 19.8. The maximum Gasteiger partial charge on any atom is 0.270 e. The van der Waals surface area contributed by atoms with Crippen molar-refractivity contribution in [2.24, 2.45) is 0 Å². The molecule has 1 aliphatic heterocycles. The summed E-state index contributed by atoms with van der Waals surface area (Å²) in [7, 11) is 0. The zero-order chi connectivity index (χ0) is 23.2. The fraction of sp³-hybridized carbons (Fsp3) is 0.375. The highest BCUT2D eigenvalue weighted by molar-refractivity contribution is 7.13. The van der Waals surface area contributed by atoms with Crippen LogP contribution in [-0.2, 0) is 9.53 Å². The van der Waals surface area contributed by atoms with E-state index in [1.54, 1.807) is 4.90 Å². The molecule has 2 amide bonds. The average Bonchev–Trinajstić information content (AvgIpc) is 3.51. The van der Waals surface area contributed by atoms with Crippen LogP contribution in [-0.4, -0.2) is 77.5 Å². The third-order valence-corrected chi connectivity index (χ3v) is 6.52. The number of rotatable bonds is 8. The predicted octanol–water partition coefficient (Wildman–Crippen LogP) is 3.56. The topological polar surface area (TPSA) is 90.6 Å². The average molecular weight is 468 g/mol. The Morgan fingerprint density at radius 1 is 1.18 bits per heavy atom. The maximum atomic E-state index is 12.6. The lowest BCUT2D eigenvalue weighted by molar-refractivity contribution is -0.118. The van der Waals surface area contributed by atoms with Gasteiger partial charge in [0.2, 0.25) is 5.91 Å². The molecule has 1 saturated heterocycles. The highest BCUT2D eigenvalue weighted by Crippen LogP contribution is 2.30. The Kier molecular flexibility index (Phi) is 7.54. The number of anilines is 1. The van der Waals surface area contributed by atoms with Crippen molar-refractivity contribution in [2.45, 2.75) is 13.8 Å². The Hall–Kier alpha value is -3.01. The second-order valence-corrected chi connectivity index (χ2v) is 8.69. The summed E-state index contributed by atoms with van der Waals surface area (Å²) < 4.78 is 5.33. The molecule has 1 fully saturated rings. The van der Waals surface area contributed by atoms with Gasteiger partial charge in [-0.05, 0) is 32.0 Å². The molecule has 33 heavy (non-hydrogen) atoms. The molecule has 3 aromatic rings. The number of hydrogen-bond donors (Lipinski definition) is 2. The monoisotopic (exact) mass is 467 g/mol. The molecular formula is C24H29N5O3S. The van der Waals surface area contributed by atoms with Crippen LogP contribution < -0.4 is 5.32 Å². The molecular weight excluding hydrogens is 438 g/mol. The summed E-state index contributed by atoms with van der Waals surface area (Å²) in [5.41, 5.74) is 3.93. The fourth-order valence-electron chi connectivity index (χ4n) is 3.78. The Bertz CT molecular complexity index is 1100. The van der Waals surface area contributed by atoms with E-state index in [9.17, 15) is 9.59 Å². The van der Waals surface area contributed by atoms with E-state index in [1.807, 2.05) is 55.8 Å². The first-order valence-corrected chi connectivity index (χ1v) is 12.1. The number of nitrogens with one attached hydrogen (secondary N) is 2. The van der Waals surface area contributed by atoms with E-state index < -0.39 is 0 Å². The quantitative estimate of drug-likeness (QED) is 0.529. The number of ether oxygens (including phenoxy) is 1. The van der Waals surface area contributed by atoms with Crippen LogP contribution in [0.3, 0.4) is 0 Å². The van der Waals surface area contributed by atoms with Crippen LogP contribution in [0.5, 0.6) is 0 Å². The second kappa shape index (κ2) is 10.7. The zero-order valence-electron chi connectivity index (χ0n) is 19.0. The Morgan fingerprint density at radius 2 is 1.97 bits per heavy atom. The molecule has 9 heteroatoms. The lowest BCUT2D eigenvalue weighted by Crippen LogP contribution is -2.41. The number of nitrogens with zero attached hydrogens (tertiary/aromatic N) is 3. The van der Waals surface area contributed by atoms with Crippen molar-refractivity contribution in [2.75, 3.05) is 51.3 Å². The van der Waals surface area contributed by atoms with Gasteiger partial charge in [0, 0.05) is 54.6 Å². The highest BCUT2D eigenvalue weighted by Gasteiger charge is 2.17. The molecule has 4 rings (SSSR count). The summed E-state index contributed by atoms with van der Waals surface area (Å²) in [4.78, 5) is 36.7. The molecule has 0 aliphatic carbocycles. The Balaban J connectivity index is 1.43. The van der Waals surface area contributed by atoms with Crippen molar-refractivity contribution in [1.82, 2.24) is 19.8 Å². The first-order valence-electron chi connectivity index (χ1n) is 11.2. The number of benzene rings is 1. The van der Waals surface area contributed by atoms with Gasteiger partial charge in [0.1, 0.15) is 10.7 Å². The van der Waals surface area contributed by atoms with E-state index in [4.69, 9.17) is 9.72 Å².